The van der Waals surface area contributed by atoms with Gasteiger partial charge in [0.2, 0.25) is 5.60 Å². The number of nitrogens with zero attached hydrogens (tertiary/aromatic N) is 4. The molecule has 0 amide bonds. The number of rotatable bonds is 14. The van der Waals surface area contributed by atoms with Crippen molar-refractivity contribution in [1.82, 2.24) is 24.8 Å². The second-order valence-electron chi connectivity index (χ2n) is 9.87. The number of anilines is 1. The molecule has 0 spiro atoms. The molecule has 6 atom stereocenters. The summed E-state index contributed by atoms with van der Waals surface area (Å²) < 4.78 is 48.3. The summed E-state index contributed by atoms with van der Waals surface area (Å²) >= 11 is 0. The molecule has 0 bridgehead atoms. The molecule has 246 valence electrons. The summed E-state index contributed by atoms with van der Waals surface area (Å²) in [5.41, 5.74) is 4.30. The van der Waals surface area contributed by atoms with E-state index in [0.29, 0.717) is 5.52 Å². The number of nitrogens with two attached hydrogens (primary N) is 1. The predicted molar refractivity (Wildman–Crippen MR) is 153 cm³/mol. The maximum absolute atomic E-state index is 14.1. The summed E-state index contributed by atoms with van der Waals surface area (Å²) in [4.78, 5) is 53.1. The zero-order valence-electron chi connectivity index (χ0n) is 25.5. The number of nitrogens with one attached hydrogen (secondary N) is 2. The first-order valence-electron chi connectivity index (χ1n) is 13.9. The second kappa shape index (κ2) is 14.8. The van der Waals surface area contributed by atoms with Crippen molar-refractivity contribution in [1.29, 1.82) is 5.26 Å². The van der Waals surface area contributed by atoms with Crippen molar-refractivity contribution in [3.05, 3.63) is 24.2 Å². The SMILES string of the molecule is CCOC(=O)[C@H](C)NP(=O)(N[C@@H](C)C(=O)OCC)OC[C@@]1(C#N)O[C@@H](c2ccc3c(N)ncnn23)[C@H](OC(C)=O)[C@@H]1OC(C)=O. The van der Waals surface area contributed by atoms with Gasteiger partial charge in [0.05, 0.1) is 18.9 Å². The highest BCUT2D eigenvalue weighted by atomic mass is 31.2. The van der Waals surface area contributed by atoms with Crippen LogP contribution in [-0.2, 0) is 52.0 Å². The summed E-state index contributed by atoms with van der Waals surface area (Å²) in [5.74, 6) is -3.11. The Morgan fingerprint density at radius 2 is 1.67 bits per heavy atom. The number of esters is 4. The number of ether oxygens (including phenoxy) is 5. The highest BCUT2D eigenvalue weighted by Gasteiger charge is 2.62. The largest absolute Gasteiger partial charge is 0.465 e. The quantitative estimate of drug-likeness (QED) is 0.144. The maximum atomic E-state index is 14.1. The molecule has 18 nitrogen and oxygen atoms in total. The molecule has 0 aliphatic carbocycles. The van der Waals surface area contributed by atoms with Crippen molar-refractivity contribution in [3.8, 4) is 6.07 Å². The van der Waals surface area contributed by atoms with Crippen molar-refractivity contribution in [2.24, 2.45) is 0 Å². The molecule has 1 aliphatic rings. The van der Waals surface area contributed by atoms with Crippen LogP contribution in [0.4, 0.5) is 5.82 Å². The number of carbonyl (C=O) groups is 4. The molecule has 0 saturated carbocycles. The first-order chi connectivity index (χ1) is 21.2. The first-order valence-corrected chi connectivity index (χ1v) is 15.5. The molecule has 45 heavy (non-hydrogen) atoms. The Hall–Kier alpha value is -4.14. The number of carbonyl (C=O) groups excluding carboxylic acids is 4. The van der Waals surface area contributed by atoms with Crippen LogP contribution in [0.15, 0.2) is 18.5 Å². The molecule has 0 radical (unpaired) electrons. The van der Waals surface area contributed by atoms with Crippen LogP contribution in [-0.4, -0.2) is 88.2 Å². The van der Waals surface area contributed by atoms with E-state index in [1.54, 1.807) is 19.9 Å². The summed E-state index contributed by atoms with van der Waals surface area (Å²) in [6, 6.07) is 2.58. The molecule has 19 heteroatoms. The number of hydrogen-bond donors (Lipinski definition) is 3. The van der Waals surface area contributed by atoms with Gasteiger partial charge in [-0.2, -0.15) is 10.4 Å². The molecule has 2 aromatic rings. The van der Waals surface area contributed by atoms with Gasteiger partial charge in [0.1, 0.15) is 42.7 Å². The molecule has 4 N–H and O–H groups in total. The Kier molecular flexibility index (Phi) is 11.6. The molecule has 1 aliphatic heterocycles. The van der Waals surface area contributed by atoms with E-state index in [4.69, 9.17) is 33.9 Å². The van der Waals surface area contributed by atoms with Gasteiger partial charge in [0.15, 0.2) is 18.0 Å². The summed E-state index contributed by atoms with van der Waals surface area (Å²) in [5, 5.41) is 19.6. The van der Waals surface area contributed by atoms with Crippen molar-refractivity contribution < 1.29 is 52.0 Å². The monoisotopic (exact) mass is 653 g/mol. The minimum Gasteiger partial charge on any atom is -0.465 e. The first kappa shape index (κ1) is 35.3. The lowest BCUT2D eigenvalue weighted by Crippen LogP contribution is -2.50. The van der Waals surface area contributed by atoms with Crippen molar-refractivity contribution in [2.75, 3.05) is 25.6 Å². The van der Waals surface area contributed by atoms with Gasteiger partial charge in [-0.3, -0.25) is 23.7 Å². The standard InChI is InChI=1S/C26H36N7O11P/c1-7-39-24(36)14(3)31-45(38,32-15(4)25(37)40-8-2)41-12-26(11-27)22(43-17(6)35)21(42-16(5)34)20(44-26)18-9-10-19-23(28)29-13-30-33(18)19/h9-10,13-15,20-22H,7-8,12H2,1-6H3,(H2,28,29,30)(H2,31,32,38)/t14-,15-,20-,21-,22-,26+/m0/s1. The summed E-state index contributed by atoms with van der Waals surface area (Å²) in [6.07, 6.45) is -3.18. The van der Waals surface area contributed by atoms with Gasteiger partial charge >= 0.3 is 31.5 Å². The van der Waals surface area contributed by atoms with Crippen LogP contribution in [0, 0.1) is 11.3 Å². The van der Waals surface area contributed by atoms with Crippen LogP contribution in [0.1, 0.15) is 53.3 Å². The highest BCUT2D eigenvalue weighted by molar-refractivity contribution is 7.54. The van der Waals surface area contributed by atoms with E-state index in [1.165, 1.54) is 30.8 Å². The number of aromatic nitrogens is 3. The van der Waals surface area contributed by atoms with Crippen LogP contribution < -0.4 is 15.9 Å². The third-order valence-electron chi connectivity index (χ3n) is 6.45. The van der Waals surface area contributed by atoms with Crippen LogP contribution >= 0.6 is 7.67 Å². The Morgan fingerprint density at radius 1 is 1.09 bits per heavy atom. The average molecular weight is 654 g/mol. The zero-order valence-corrected chi connectivity index (χ0v) is 26.4. The molecule has 1 saturated heterocycles. The Morgan fingerprint density at radius 3 is 2.18 bits per heavy atom. The Labute approximate surface area is 258 Å². The van der Waals surface area contributed by atoms with Gasteiger partial charge in [-0.05, 0) is 39.8 Å². The lowest BCUT2D eigenvalue weighted by Gasteiger charge is -2.31. The number of hydrogen-bond acceptors (Lipinski definition) is 15. The van der Waals surface area contributed by atoms with E-state index in [0.717, 1.165) is 13.8 Å². The van der Waals surface area contributed by atoms with Gasteiger partial charge in [-0.1, -0.05) is 0 Å². The van der Waals surface area contributed by atoms with Crippen LogP contribution in [0.25, 0.3) is 5.52 Å². The molecular formula is C26H36N7O11P. The van der Waals surface area contributed by atoms with Crippen LogP contribution in [0.3, 0.4) is 0 Å². The van der Waals surface area contributed by atoms with E-state index in [9.17, 15) is 29.0 Å². The van der Waals surface area contributed by atoms with E-state index in [-0.39, 0.29) is 24.7 Å². The molecule has 0 unspecified atom stereocenters. The Bertz CT molecular complexity index is 1480. The topological polar surface area (TPSA) is 245 Å². The second-order valence-corrected chi connectivity index (χ2v) is 11.8. The molecule has 3 heterocycles. The molecular weight excluding hydrogens is 617 g/mol. The van der Waals surface area contributed by atoms with Gasteiger partial charge in [0.25, 0.3) is 0 Å². The predicted octanol–water partition coefficient (Wildman–Crippen LogP) is 0.716. The summed E-state index contributed by atoms with van der Waals surface area (Å²) in [6.45, 7) is 7.19. The number of fused-ring (bicyclic) bond motifs is 1. The fourth-order valence-corrected chi connectivity index (χ4v) is 6.37. The minimum absolute atomic E-state index is 0.0298. The van der Waals surface area contributed by atoms with Crippen LogP contribution in [0.5, 0.6) is 0 Å². The Balaban J connectivity index is 2.06. The third kappa shape index (κ3) is 8.12. The van der Waals surface area contributed by atoms with Crippen molar-refractivity contribution in [2.45, 2.75) is 77.5 Å². The smallest absolute Gasteiger partial charge is 0.342 e. The molecule has 1 fully saturated rings. The fraction of sp³-hybridized carbons (Fsp3) is 0.577. The fourth-order valence-electron chi connectivity index (χ4n) is 4.55. The molecule has 0 aromatic carbocycles. The number of nitriles is 1. The normalized spacial score (nSPS) is 22.6. The lowest BCUT2D eigenvalue weighted by molar-refractivity contribution is -0.166. The molecule has 2 aromatic heterocycles. The van der Waals surface area contributed by atoms with Crippen LogP contribution in [0.2, 0.25) is 0 Å². The molecule has 3 rings (SSSR count). The van der Waals surface area contributed by atoms with Gasteiger partial charge in [-0.25, -0.2) is 19.7 Å². The third-order valence-corrected chi connectivity index (χ3v) is 8.40. The zero-order chi connectivity index (χ0) is 33.5. The summed E-state index contributed by atoms with van der Waals surface area (Å²) in [7, 11) is -4.45. The van der Waals surface area contributed by atoms with Gasteiger partial charge in [-0.15, -0.1) is 0 Å². The average Bonchev–Trinajstić information content (AvgIpc) is 3.52. The number of nitrogen functional groups attached to an aromatic ring is 1. The minimum atomic E-state index is -4.45. The van der Waals surface area contributed by atoms with E-state index < -0.39 is 74.2 Å². The highest BCUT2D eigenvalue weighted by Crippen LogP contribution is 2.47. The van der Waals surface area contributed by atoms with Gasteiger partial charge in [0, 0.05) is 13.8 Å². The van der Waals surface area contributed by atoms with E-state index >= 15 is 0 Å². The maximum Gasteiger partial charge on any atom is 0.342 e. The van der Waals surface area contributed by atoms with E-state index in [2.05, 4.69) is 20.3 Å². The van der Waals surface area contributed by atoms with Gasteiger partial charge < -0.3 is 33.9 Å². The van der Waals surface area contributed by atoms with Crippen molar-refractivity contribution in [3.63, 3.8) is 0 Å². The lowest BCUT2D eigenvalue weighted by atomic mass is 9.95. The van der Waals surface area contributed by atoms with E-state index in [1.807, 2.05) is 6.07 Å². The van der Waals surface area contributed by atoms with Crippen molar-refractivity contribution >= 4 is 42.9 Å².